The van der Waals surface area contributed by atoms with Gasteiger partial charge in [0.15, 0.2) is 0 Å². The number of rotatable bonds is 8. The van der Waals surface area contributed by atoms with Crippen molar-refractivity contribution in [2.75, 3.05) is 26.7 Å². The van der Waals surface area contributed by atoms with Crippen LogP contribution in [-0.4, -0.2) is 35.2 Å². The monoisotopic (exact) mass is 314 g/mol. The molecule has 5 nitrogen and oxygen atoms in total. The Bertz CT molecular complexity index is 519. The molecule has 0 saturated heterocycles. The molecule has 0 unspecified atom stereocenters. The van der Waals surface area contributed by atoms with Gasteiger partial charge in [-0.05, 0) is 49.7 Å². The van der Waals surface area contributed by atoms with Crippen LogP contribution in [0.25, 0.3) is 0 Å². The van der Waals surface area contributed by atoms with Crippen molar-refractivity contribution in [1.82, 2.24) is 10.0 Å². The third kappa shape index (κ3) is 6.93. The molecule has 0 aromatic heterocycles. The molecule has 0 bridgehead atoms. The van der Waals surface area contributed by atoms with Crippen molar-refractivity contribution in [2.45, 2.75) is 32.1 Å². The van der Waals surface area contributed by atoms with Crippen LogP contribution in [0.15, 0.2) is 29.2 Å². The normalized spacial score (nSPS) is 12.4. The van der Waals surface area contributed by atoms with Gasteiger partial charge in [0, 0.05) is 6.54 Å². The maximum Gasteiger partial charge on any atom is 0.240 e. The van der Waals surface area contributed by atoms with Crippen molar-refractivity contribution in [3.8, 4) is 5.75 Å². The molecule has 0 aliphatic rings. The van der Waals surface area contributed by atoms with E-state index >= 15 is 0 Å². The fraction of sp³-hybridized carbons (Fsp3) is 0.600. The number of benzene rings is 1. The standard InChI is InChI=1S/C15H26N2O3S/c1-15(2,3)12-17-21(18,19)14-8-6-13(7-9-14)20-11-5-10-16-4/h6-9,16-17H,5,10-12H2,1-4H3. The van der Waals surface area contributed by atoms with Gasteiger partial charge in [0.05, 0.1) is 11.5 Å². The second-order valence-electron chi connectivity index (χ2n) is 6.16. The van der Waals surface area contributed by atoms with Gasteiger partial charge in [-0.25, -0.2) is 13.1 Å². The Labute approximate surface area is 128 Å². The number of sulfonamides is 1. The van der Waals surface area contributed by atoms with E-state index in [0.29, 0.717) is 18.9 Å². The Morgan fingerprint density at radius 2 is 1.76 bits per heavy atom. The summed E-state index contributed by atoms with van der Waals surface area (Å²) in [6, 6.07) is 6.51. The molecule has 0 heterocycles. The Balaban J connectivity index is 2.60. The summed E-state index contributed by atoms with van der Waals surface area (Å²) in [6.45, 7) is 7.85. The first kappa shape index (κ1) is 17.9. The number of ether oxygens (including phenoxy) is 1. The fourth-order valence-electron chi connectivity index (χ4n) is 1.55. The Morgan fingerprint density at radius 1 is 1.14 bits per heavy atom. The summed E-state index contributed by atoms with van der Waals surface area (Å²) in [5.74, 6) is 0.681. The van der Waals surface area contributed by atoms with Crippen LogP contribution < -0.4 is 14.8 Å². The summed E-state index contributed by atoms with van der Waals surface area (Å²) < 4.78 is 32.4. The molecule has 1 rings (SSSR count). The molecule has 2 N–H and O–H groups in total. The molecule has 0 fully saturated rings. The van der Waals surface area contributed by atoms with Crippen molar-refractivity contribution in [2.24, 2.45) is 5.41 Å². The first-order valence-corrected chi connectivity index (χ1v) is 8.60. The lowest BCUT2D eigenvalue weighted by molar-refractivity contribution is 0.309. The summed E-state index contributed by atoms with van der Waals surface area (Å²) >= 11 is 0. The second kappa shape index (κ2) is 7.77. The zero-order valence-corrected chi connectivity index (χ0v) is 14.1. The molecule has 0 saturated carbocycles. The minimum Gasteiger partial charge on any atom is -0.494 e. The molecule has 21 heavy (non-hydrogen) atoms. The number of nitrogens with one attached hydrogen (secondary N) is 2. The van der Waals surface area contributed by atoms with Gasteiger partial charge in [-0.2, -0.15) is 0 Å². The van der Waals surface area contributed by atoms with E-state index in [2.05, 4.69) is 10.0 Å². The quantitative estimate of drug-likeness (QED) is 0.720. The number of hydrogen-bond donors (Lipinski definition) is 2. The first-order chi connectivity index (χ1) is 9.74. The lowest BCUT2D eigenvalue weighted by Crippen LogP contribution is -2.32. The molecule has 0 aliphatic carbocycles. The maximum atomic E-state index is 12.1. The van der Waals surface area contributed by atoms with Crippen molar-refractivity contribution < 1.29 is 13.2 Å². The van der Waals surface area contributed by atoms with Gasteiger partial charge in [-0.1, -0.05) is 20.8 Å². The molecule has 0 aliphatic heterocycles. The summed E-state index contributed by atoms with van der Waals surface area (Å²) in [5, 5.41) is 3.04. The molecule has 0 atom stereocenters. The highest BCUT2D eigenvalue weighted by Crippen LogP contribution is 2.17. The van der Waals surface area contributed by atoms with Gasteiger partial charge >= 0.3 is 0 Å². The van der Waals surface area contributed by atoms with Crippen LogP contribution in [0.2, 0.25) is 0 Å². The predicted molar refractivity (Wildman–Crippen MR) is 85.1 cm³/mol. The van der Waals surface area contributed by atoms with Gasteiger partial charge in [0.2, 0.25) is 10.0 Å². The highest BCUT2D eigenvalue weighted by molar-refractivity contribution is 7.89. The average molecular weight is 314 g/mol. The zero-order valence-electron chi connectivity index (χ0n) is 13.3. The van der Waals surface area contributed by atoms with Crippen LogP contribution in [0.4, 0.5) is 0 Å². The molecular weight excluding hydrogens is 288 g/mol. The molecule has 0 spiro atoms. The van der Waals surface area contributed by atoms with Crippen LogP contribution in [0, 0.1) is 5.41 Å². The third-order valence-corrected chi connectivity index (χ3v) is 4.18. The minimum atomic E-state index is -3.45. The Hall–Kier alpha value is -1.11. The van der Waals surface area contributed by atoms with E-state index in [-0.39, 0.29) is 10.3 Å². The van der Waals surface area contributed by atoms with Crippen LogP contribution >= 0.6 is 0 Å². The molecule has 1 aromatic carbocycles. The van der Waals surface area contributed by atoms with Crippen LogP contribution in [0.3, 0.4) is 0 Å². The van der Waals surface area contributed by atoms with Crippen LogP contribution in [-0.2, 0) is 10.0 Å². The zero-order chi connectivity index (χ0) is 15.9. The van der Waals surface area contributed by atoms with Gasteiger partial charge in [-0.15, -0.1) is 0 Å². The van der Waals surface area contributed by atoms with E-state index < -0.39 is 10.0 Å². The molecule has 6 heteroatoms. The first-order valence-electron chi connectivity index (χ1n) is 7.12. The van der Waals surface area contributed by atoms with E-state index in [1.807, 2.05) is 27.8 Å². The third-order valence-electron chi connectivity index (χ3n) is 2.77. The lowest BCUT2D eigenvalue weighted by atomic mass is 9.98. The number of hydrogen-bond acceptors (Lipinski definition) is 4. The van der Waals surface area contributed by atoms with Gasteiger partial charge in [-0.3, -0.25) is 0 Å². The average Bonchev–Trinajstić information content (AvgIpc) is 2.41. The van der Waals surface area contributed by atoms with Crippen LogP contribution in [0.5, 0.6) is 5.75 Å². The van der Waals surface area contributed by atoms with E-state index in [4.69, 9.17) is 4.74 Å². The van der Waals surface area contributed by atoms with Crippen molar-refractivity contribution in [3.05, 3.63) is 24.3 Å². The topological polar surface area (TPSA) is 67.4 Å². The molecular formula is C15H26N2O3S. The van der Waals surface area contributed by atoms with E-state index in [1.54, 1.807) is 24.3 Å². The van der Waals surface area contributed by atoms with Crippen LogP contribution in [0.1, 0.15) is 27.2 Å². The second-order valence-corrected chi connectivity index (χ2v) is 7.93. The van der Waals surface area contributed by atoms with Crippen molar-refractivity contribution >= 4 is 10.0 Å². The maximum absolute atomic E-state index is 12.1. The Morgan fingerprint density at radius 3 is 2.29 bits per heavy atom. The highest BCUT2D eigenvalue weighted by atomic mass is 32.2. The highest BCUT2D eigenvalue weighted by Gasteiger charge is 2.18. The van der Waals surface area contributed by atoms with Gasteiger partial charge in [0.25, 0.3) is 0 Å². The fourth-order valence-corrected chi connectivity index (χ4v) is 2.83. The van der Waals surface area contributed by atoms with E-state index in [0.717, 1.165) is 13.0 Å². The Kier molecular flexibility index (Phi) is 6.64. The lowest BCUT2D eigenvalue weighted by Gasteiger charge is -2.18. The van der Waals surface area contributed by atoms with Crippen molar-refractivity contribution in [3.63, 3.8) is 0 Å². The largest absolute Gasteiger partial charge is 0.494 e. The minimum absolute atomic E-state index is 0.0938. The van der Waals surface area contributed by atoms with Crippen molar-refractivity contribution in [1.29, 1.82) is 0 Å². The summed E-state index contributed by atoms with van der Waals surface area (Å²) in [6.07, 6.45) is 0.906. The summed E-state index contributed by atoms with van der Waals surface area (Å²) in [5.41, 5.74) is -0.0938. The van der Waals surface area contributed by atoms with Gasteiger partial charge in [0.1, 0.15) is 5.75 Å². The SMILES string of the molecule is CNCCCOc1ccc(S(=O)(=O)NCC(C)(C)C)cc1. The molecule has 120 valence electrons. The summed E-state index contributed by atoms with van der Waals surface area (Å²) in [4.78, 5) is 0.259. The predicted octanol–water partition coefficient (Wildman–Crippen LogP) is 2.00. The smallest absolute Gasteiger partial charge is 0.240 e. The van der Waals surface area contributed by atoms with E-state index in [1.165, 1.54) is 0 Å². The van der Waals surface area contributed by atoms with E-state index in [9.17, 15) is 8.42 Å². The van der Waals surface area contributed by atoms with Gasteiger partial charge < -0.3 is 10.1 Å². The molecule has 0 radical (unpaired) electrons. The molecule has 0 amide bonds. The summed E-state index contributed by atoms with van der Waals surface area (Å²) in [7, 11) is -1.56. The molecule has 1 aromatic rings.